The molecule has 3 rings (SSSR count). The van der Waals surface area contributed by atoms with E-state index >= 15 is 0 Å². The van der Waals surface area contributed by atoms with Crippen LogP contribution in [0.3, 0.4) is 0 Å². The van der Waals surface area contributed by atoms with Crippen LogP contribution in [0, 0.1) is 0 Å². The fourth-order valence-electron chi connectivity index (χ4n) is 2.34. The van der Waals surface area contributed by atoms with Gasteiger partial charge < -0.3 is 9.68 Å². The van der Waals surface area contributed by atoms with Crippen LogP contribution < -0.4 is 5.46 Å². The highest BCUT2D eigenvalue weighted by molar-refractivity contribution is 6.61. The van der Waals surface area contributed by atoms with E-state index < -0.39 is 7.12 Å². The Kier molecular flexibility index (Phi) is 4.32. The number of benzene rings is 2. The molecule has 0 radical (unpaired) electrons. The van der Waals surface area contributed by atoms with Crippen molar-refractivity contribution in [1.29, 1.82) is 0 Å². The van der Waals surface area contributed by atoms with Crippen LogP contribution in [0.25, 0.3) is 11.3 Å². The summed E-state index contributed by atoms with van der Waals surface area (Å²) < 4.78 is 6.78. The van der Waals surface area contributed by atoms with E-state index in [9.17, 15) is 5.02 Å². The van der Waals surface area contributed by atoms with Gasteiger partial charge in [-0.1, -0.05) is 59.8 Å². The van der Waals surface area contributed by atoms with Crippen LogP contribution >= 0.6 is 0 Å². The van der Waals surface area contributed by atoms with E-state index in [0.717, 1.165) is 11.1 Å². The van der Waals surface area contributed by atoms with E-state index in [1.165, 1.54) is 7.11 Å². The molecule has 110 valence electrons. The van der Waals surface area contributed by atoms with Crippen molar-refractivity contribution in [3.05, 3.63) is 66.4 Å². The van der Waals surface area contributed by atoms with E-state index in [2.05, 4.69) is 10.3 Å². The minimum atomic E-state index is -0.976. The van der Waals surface area contributed by atoms with Crippen LogP contribution in [0.5, 0.6) is 0 Å². The first-order chi connectivity index (χ1) is 10.8. The van der Waals surface area contributed by atoms with Gasteiger partial charge in [0.15, 0.2) is 0 Å². The van der Waals surface area contributed by atoms with Crippen LogP contribution in [0.15, 0.2) is 60.8 Å². The lowest BCUT2D eigenvalue weighted by molar-refractivity contribution is 0.342. The summed E-state index contributed by atoms with van der Waals surface area (Å²) in [5.74, 6) is 0. The van der Waals surface area contributed by atoms with Crippen LogP contribution in [0.4, 0.5) is 0 Å². The molecule has 0 aliphatic carbocycles. The third-order valence-corrected chi connectivity index (χ3v) is 3.45. The molecule has 3 aromatic rings. The summed E-state index contributed by atoms with van der Waals surface area (Å²) >= 11 is 0. The van der Waals surface area contributed by atoms with Crippen molar-refractivity contribution in [1.82, 2.24) is 15.0 Å². The third kappa shape index (κ3) is 3.08. The van der Waals surface area contributed by atoms with Crippen molar-refractivity contribution in [2.75, 3.05) is 7.11 Å². The molecule has 0 fully saturated rings. The van der Waals surface area contributed by atoms with Gasteiger partial charge in [0, 0.05) is 12.7 Å². The Hall–Kier alpha value is -2.44. The molecule has 6 heteroatoms. The van der Waals surface area contributed by atoms with E-state index in [1.54, 1.807) is 4.68 Å². The molecule has 0 spiro atoms. The zero-order valence-corrected chi connectivity index (χ0v) is 12.3. The predicted molar refractivity (Wildman–Crippen MR) is 85.6 cm³/mol. The molecule has 5 nitrogen and oxygen atoms in total. The maximum absolute atomic E-state index is 9.94. The lowest BCUT2D eigenvalue weighted by Gasteiger charge is -2.08. The molecule has 22 heavy (non-hydrogen) atoms. The second-order valence-corrected chi connectivity index (χ2v) is 4.96. The van der Waals surface area contributed by atoms with Gasteiger partial charge in [-0.25, -0.2) is 4.68 Å². The van der Waals surface area contributed by atoms with Gasteiger partial charge in [0.25, 0.3) is 0 Å². The standard InChI is InChI=1S/C16H16BN3O2/c1-22-17(21)15-10-6-5-9-14(15)16-12-20(19-18-16)11-13-7-3-2-4-8-13/h2-10,12,21H,11H2,1H3. The van der Waals surface area contributed by atoms with Crippen LogP contribution in [0.2, 0.25) is 0 Å². The van der Waals surface area contributed by atoms with Crippen molar-refractivity contribution >= 4 is 12.6 Å². The Morgan fingerprint density at radius 3 is 2.59 bits per heavy atom. The normalized spacial score (nSPS) is 10.6. The maximum atomic E-state index is 9.94. The van der Waals surface area contributed by atoms with Gasteiger partial charge in [-0.3, -0.25) is 0 Å². The first kappa shape index (κ1) is 14.5. The topological polar surface area (TPSA) is 60.2 Å². The van der Waals surface area contributed by atoms with Gasteiger partial charge in [-0.05, 0) is 11.0 Å². The monoisotopic (exact) mass is 293 g/mol. The van der Waals surface area contributed by atoms with Gasteiger partial charge >= 0.3 is 7.12 Å². The molecular formula is C16H16BN3O2. The zero-order valence-electron chi connectivity index (χ0n) is 12.3. The Balaban J connectivity index is 1.88. The number of hydrogen-bond acceptors (Lipinski definition) is 4. The van der Waals surface area contributed by atoms with E-state index in [1.807, 2.05) is 60.8 Å². The summed E-state index contributed by atoms with van der Waals surface area (Å²) in [6, 6.07) is 17.5. The van der Waals surface area contributed by atoms with Gasteiger partial charge in [-0.2, -0.15) is 0 Å². The van der Waals surface area contributed by atoms with Crippen molar-refractivity contribution < 1.29 is 9.68 Å². The highest BCUT2D eigenvalue weighted by atomic mass is 16.5. The largest absolute Gasteiger partial charge is 0.491 e. The molecule has 2 aromatic carbocycles. The van der Waals surface area contributed by atoms with E-state index in [0.29, 0.717) is 17.7 Å². The molecule has 0 saturated carbocycles. The van der Waals surface area contributed by atoms with Crippen molar-refractivity contribution in [3.63, 3.8) is 0 Å². The summed E-state index contributed by atoms with van der Waals surface area (Å²) in [7, 11) is 0.490. The lowest BCUT2D eigenvalue weighted by atomic mass is 9.76. The highest BCUT2D eigenvalue weighted by Crippen LogP contribution is 2.15. The maximum Gasteiger partial charge on any atom is 0.491 e. The zero-order chi connectivity index (χ0) is 15.4. The summed E-state index contributed by atoms with van der Waals surface area (Å²) in [6.07, 6.45) is 1.87. The van der Waals surface area contributed by atoms with E-state index in [4.69, 9.17) is 4.65 Å². The Labute approximate surface area is 129 Å². The fraction of sp³-hybridized carbons (Fsp3) is 0.125. The van der Waals surface area contributed by atoms with Gasteiger partial charge in [-0.15, -0.1) is 5.10 Å². The van der Waals surface area contributed by atoms with Gasteiger partial charge in [0.1, 0.15) is 5.69 Å². The average molecular weight is 293 g/mol. The molecule has 0 aliphatic heterocycles. The summed E-state index contributed by atoms with van der Waals surface area (Å²) in [6.45, 7) is 0.656. The number of rotatable bonds is 5. The number of aromatic nitrogens is 3. The van der Waals surface area contributed by atoms with Crippen molar-refractivity contribution in [2.45, 2.75) is 6.54 Å². The molecule has 1 N–H and O–H groups in total. The quantitative estimate of drug-likeness (QED) is 0.721. The van der Waals surface area contributed by atoms with Crippen LogP contribution in [0.1, 0.15) is 5.56 Å². The van der Waals surface area contributed by atoms with Crippen molar-refractivity contribution in [2.24, 2.45) is 0 Å². The summed E-state index contributed by atoms with van der Waals surface area (Å²) in [5, 5.41) is 18.3. The van der Waals surface area contributed by atoms with E-state index in [-0.39, 0.29) is 0 Å². The van der Waals surface area contributed by atoms with Gasteiger partial charge in [0.2, 0.25) is 0 Å². The molecule has 0 bridgehead atoms. The lowest BCUT2D eigenvalue weighted by Crippen LogP contribution is -2.33. The molecule has 0 atom stereocenters. The Bertz CT molecular complexity index is 746. The SMILES string of the molecule is COB(O)c1ccccc1-c1cn(Cc2ccccc2)nn1. The molecule has 1 heterocycles. The van der Waals surface area contributed by atoms with Gasteiger partial charge in [0.05, 0.1) is 12.7 Å². The smallest absolute Gasteiger partial charge is 0.423 e. The molecule has 1 aromatic heterocycles. The minimum absolute atomic E-state index is 0.656. The Morgan fingerprint density at radius 2 is 1.82 bits per heavy atom. The first-order valence-electron chi connectivity index (χ1n) is 7.02. The van der Waals surface area contributed by atoms with Crippen molar-refractivity contribution in [3.8, 4) is 11.3 Å². The molecule has 0 unspecified atom stereocenters. The average Bonchev–Trinajstić information content (AvgIpc) is 3.03. The molecule has 0 saturated heterocycles. The Morgan fingerprint density at radius 1 is 1.09 bits per heavy atom. The number of nitrogens with zero attached hydrogens (tertiary/aromatic N) is 3. The third-order valence-electron chi connectivity index (χ3n) is 3.45. The second kappa shape index (κ2) is 6.55. The summed E-state index contributed by atoms with van der Waals surface area (Å²) in [4.78, 5) is 0. The van der Waals surface area contributed by atoms with Crippen LogP contribution in [-0.4, -0.2) is 34.2 Å². The fourth-order valence-corrected chi connectivity index (χ4v) is 2.34. The molecular weight excluding hydrogens is 277 g/mol. The molecule has 0 aliphatic rings. The second-order valence-electron chi connectivity index (χ2n) is 4.96. The number of hydrogen-bond donors (Lipinski definition) is 1. The predicted octanol–water partition coefficient (Wildman–Crippen LogP) is 1.33. The molecule has 0 amide bonds. The summed E-state index contributed by atoms with van der Waals surface area (Å²) in [5.41, 5.74) is 3.36. The highest BCUT2D eigenvalue weighted by Gasteiger charge is 2.20. The minimum Gasteiger partial charge on any atom is -0.423 e. The van der Waals surface area contributed by atoms with Crippen LogP contribution in [-0.2, 0) is 11.2 Å². The first-order valence-corrected chi connectivity index (χ1v) is 7.02.